The van der Waals surface area contributed by atoms with Crippen molar-refractivity contribution in [3.8, 4) is 0 Å². The SMILES string of the molecule is CCSc1nnc(NC(=O)CSc2ccc(N3C(=O)[C@H]4CC=CC[C@@H]4C3=O)cc2)s1. The van der Waals surface area contributed by atoms with Gasteiger partial charge in [0.15, 0.2) is 4.34 Å². The molecule has 0 bridgehead atoms. The normalized spacial score (nSPS) is 20.5. The van der Waals surface area contributed by atoms with E-state index in [0.717, 1.165) is 15.0 Å². The number of benzene rings is 1. The van der Waals surface area contributed by atoms with Gasteiger partial charge in [0, 0.05) is 4.90 Å². The van der Waals surface area contributed by atoms with Crippen LogP contribution in [0.25, 0.3) is 0 Å². The van der Waals surface area contributed by atoms with Gasteiger partial charge in [-0.3, -0.25) is 24.6 Å². The molecule has 10 heteroatoms. The Morgan fingerprint density at radius 2 is 1.77 bits per heavy atom. The van der Waals surface area contributed by atoms with Crippen molar-refractivity contribution >= 4 is 63.4 Å². The number of allylic oxidation sites excluding steroid dienone is 2. The molecule has 1 N–H and O–H groups in total. The van der Waals surface area contributed by atoms with Gasteiger partial charge in [0.1, 0.15) is 0 Å². The molecule has 2 heterocycles. The zero-order valence-electron chi connectivity index (χ0n) is 16.2. The summed E-state index contributed by atoms with van der Waals surface area (Å²) in [6.45, 7) is 2.03. The summed E-state index contributed by atoms with van der Waals surface area (Å²) in [5, 5.41) is 11.2. The number of aromatic nitrogens is 2. The number of rotatable bonds is 7. The van der Waals surface area contributed by atoms with Crippen LogP contribution >= 0.6 is 34.9 Å². The topological polar surface area (TPSA) is 92.3 Å². The highest BCUT2D eigenvalue weighted by molar-refractivity contribution is 8.01. The van der Waals surface area contributed by atoms with Gasteiger partial charge in [0.2, 0.25) is 22.9 Å². The number of carbonyl (C=O) groups excluding carboxylic acids is 3. The number of carbonyl (C=O) groups is 3. The molecule has 0 saturated carbocycles. The first-order chi connectivity index (χ1) is 14.6. The van der Waals surface area contributed by atoms with E-state index in [1.165, 1.54) is 28.0 Å². The second kappa shape index (κ2) is 9.32. The van der Waals surface area contributed by atoms with Gasteiger partial charge in [-0.25, -0.2) is 0 Å². The lowest BCUT2D eigenvalue weighted by Crippen LogP contribution is -2.30. The first-order valence-electron chi connectivity index (χ1n) is 9.58. The monoisotopic (exact) mass is 460 g/mol. The Morgan fingerprint density at radius 1 is 1.10 bits per heavy atom. The van der Waals surface area contributed by atoms with Crippen LogP contribution in [0.2, 0.25) is 0 Å². The fourth-order valence-electron chi connectivity index (χ4n) is 3.49. The van der Waals surface area contributed by atoms with Gasteiger partial charge >= 0.3 is 0 Å². The van der Waals surface area contributed by atoms with E-state index in [1.807, 2.05) is 31.2 Å². The molecule has 2 aromatic rings. The maximum absolute atomic E-state index is 12.7. The van der Waals surface area contributed by atoms with Crippen molar-refractivity contribution in [1.29, 1.82) is 0 Å². The van der Waals surface area contributed by atoms with Gasteiger partial charge < -0.3 is 0 Å². The largest absolute Gasteiger partial charge is 0.300 e. The molecule has 1 aliphatic carbocycles. The summed E-state index contributed by atoms with van der Waals surface area (Å²) in [5.74, 6) is 0.260. The first kappa shape index (κ1) is 21.1. The lowest BCUT2D eigenvalue weighted by molar-refractivity contribution is -0.122. The third-order valence-electron chi connectivity index (χ3n) is 4.89. The minimum Gasteiger partial charge on any atom is -0.300 e. The highest BCUT2D eigenvalue weighted by Gasteiger charge is 2.47. The molecule has 1 aromatic carbocycles. The van der Waals surface area contributed by atoms with Crippen molar-refractivity contribution in [2.45, 2.75) is 29.0 Å². The number of anilines is 2. The predicted octanol–water partition coefficient (Wildman–Crippen LogP) is 3.84. The van der Waals surface area contributed by atoms with Crippen LogP contribution in [0.3, 0.4) is 0 Å². The third-order valence-corrected chi connectivity index (χ3v) is 7.76. The van der Waals surface area contributed by atoms with E-state index >= 15 is 0 Å². The predicted molar refractivity (Wildman–Crippen MR) is 120 cm³/mol. The number of nitrogens with zero attached hydrogens (tertiary/aromatic N) is 3. The summed E-state index contributed by atoms with van der Waals surface area (Å²) in [4.78, 5) is 39.7. The maximum Gasteiger partial charge on any atom is 0.238 e. The van der Waals surface area contributed by atoms with Gasteiger partial charge in [0.25, 0.3) is 0 Å². The Kier molecular flexibility index (Phi) is 6.55. The molecule has 7 nitrogen and oxygen atoms in total. The molecule has 1 aromatic heterocycles. The standard InChI is InChI=1S/C20H20N4O3S3/c1-2-28-20-23-22-19(30-20)21-16(25)11-29-13-9-7-12(8-10-13)24-17(26)14-5-3-4-6-15(14)18(24)27/h3-4,7-10,14-15H,2,5-6,11H2,1H3,(H,21,22,25)/t14-,15-/m0/s1. The number of hydrogen-bond acceptors (Lipinski definition) is 8. The van der Waals surface area contributed by atoms with E-state index in [1.54, 1.807) is 23.9 Å². The molecule has 0 radical (unpaired) electrons. The van der Waals surface area contributed by atoms with E-state index in [9.17, 15) is 14.4 Å². The summed E-state index contributed by atoms with van der Waals surface area (Å²) in [5.41, 5.74) is 0.586. The van der Waals surface area contributed by atoms with Crippen molar-refractivity contribution in [2.75, 3.05) is 21.7 Å². The fourth-order valence-corrected chi connectivity index (χ4v) is 5.86. The van der Waals surface area contributed by atoms with Gasteiger partial charge in [-0.15, -0.1) is 22.0 Å². The highest BCUT2D eigenvalue weighted by Crippen LogP contribution is 2.38. The van der Waals surface area contributed by atoms with Crippen LogP contribution in [0.5, 0.6) is 0 Å². The summed E-state index contributed by atoms with van der Waals surface area (Å²) in [6.07, 6.45) is 5.21. The zero-order chi connectivity index (χ0) is 21.1. The van der Waals surface area contributed by atoms with Crippen molar-refractivity contribution in [2.24, 2.45) is 11.8 Å². The number of amides is 3. The molecule has 4 rings (SSSR count). The first-order valence-corrected chi connectivity index (χ1v) is 12.4. The number of hydrogen-bond donors (Lipinski definition) is 1. The molecule has 2 aliphatic rings. The summed E-state index contributed by atoms with van der Waals surface area (Å²) >= 11 is 4.32. The number of imide groups is 1. The number of nitrogens with one attached hydrogen (secondary N) is 1. The Bertz CT molecular complexity index is 963. The average molecular weight is 461 g/mol. The average Bonchev–Trinajstić information content (AvgIpc) is 3.30. The Hall–Kier alpha value is -2.17. The molecule has 0 spiro atoms. The minimum atomic E-state index is -0.239. The van der Waals surface area contributed by atoms with E-state index < -0.39 is 0 Å². The van der Waals surface area contributed by atoms with Crippen molar-refractivity contribution in [3.05, 3.63) is 36.4 Å². The van der Waals surface area contributed by atoms with Crippen LogP contribution in [-0.4, -0.2) is 39.4 Å². The molecule has 3 amide bonds. The van der Waals surface area contributed by atoms with E-state index in [2.05, 4.69) is 15.5 Å². The molecule has 156 valence electrons. The summed E-state index contributed by atoms with van der Waals surface area (Å²) in [6, 6.07) is 7.18. The highest BCUT2D eigenvalue weighted by atomic mass is 32.2. The summed E-state index contributed by atoms with van der Waals surface area (Å²) < 4.78 is 0.831. The number of fused-ring (bicyclic) bond motifs is 1. The maximum atomic E-state index is 12.7. The molecular formula is C20H20N4O3S3. The second-order valence-corrected chi connectivity index (χ2v) is 10.3. The van der Waals surface area contributed by atoms with Crippen LogP contribution in [-0.2, 0) is 14.4 Å². The number of thioether (sulfide) groups is 2. The van der Waals surface area contributed by atoms with Gasteiger partial charge in [-0.2, -0.15) is 0 Å². The molecular weight excluding hydrogens is 440 g/mol. The third kappa shape index (κ3) is 4.45. The molecule has 30 heavy (non-hydrogen) atoms. The van der Waals surface area contributed by atoms with Crippen molar-refractivity contribution in [3.63, 3.8) is 0 Å². The Balaban J connectivity index is 1.33. The van der Waals surface area contributed by atoms with E-state index in [0.29, 0.717) is 23.7 Å². The van der Waals surface area contributed by atoms with Crippen molar-refractivity contribution in [1.82, 2.24) is 10.2 Å². The second-order valence-electron chi connectivity index (χ2n) is 6.80. The lowest BCUT2D eigenvalue weighted by Gasteiger charge is -2.15. The molecule has 1 saturated heterocycles. The molecule has 1 fully saturated rings. The zero-order valence-corrected chi connectivity index (χ0v) is 18.7. The molecule has 2 atom stereocenters. The van der Waals surface area contributed by atoms with Gasteiger partial charge in [-0.1, -0.05) is 42.2 Å². The van der Waals surface area contributed by atoms with Crippen molar-refractivity contribution < 1.29 is 14.4 Å². The Labute approximate surface area is 186 Å². The van der Waals surface area contributed by atoms with E-state index in [4.69, 9.17) is 0 Å². The van der Waals surface area contributed by atoms with Crippen LogP contribution in [0.15, 0.2) is 45.7 Å². The van der Waals surface area contributed by atoms with Gasteiger partial charge in [0.05, 0.1) is 23.3 Å². The van der Waals surface area contributed by atoms with E-state index in [-0.39, 0.29) is 35.3 Å². The van der Waals surface area contributed by atoms with Crippen LogP contribution in [0.4, 0.5) is 10.8 Å². The quantitative estimate of drug-likeness (QED) is 0.290. The Morgan fingerprint density at radius 3 is 2.40 bits per heavy atom. The van der Waals surface area contributed by atoms with Crippen LogP contribution in [0, 0.1) is 11.8 Å². The summed E-state index contributed by atoms with van der Waals surface area (Å²) in [7, 11) is 0. The lowest BCUT2D eigenvalue weighted by atomic mass is 9.85. The van der Waals surface area contributed by atoms with Crippen LogP contribution < -0.4 is 10.2 Å². The molecule has 1 aliphatic heterocycles. The smallest absolute Gasteiger partial charge is 0.238 e. The van der Waals surface area contributed by atoms with Crippen LogP contribution in [0.1, 0.15) is 19.8 Å². The molecule has 0 unspecified atom stereocenters. The minimum absolute atomic E-state index is 0.119. The fraction of sp³-hybridized carbons (Fsp3) is 0.350. The van der Waals surface area contributed by atoms with Gasteiger partial charge in [-0.05, 0) is 42.9 Å².